The molecule has 0 radical (unpaired) electrons. The Morgan fingerprint density at radius 2 is 1.88 bits per heavy atom. The first-order valence-electron chi connectivity index (χ1n) is 1.57. The van der Waals surface area contributed by atoms with E-state index in [1.165, 1.54) is 6.92 Å². The summed E-state index contributed by atoms with van der Waals surface area (Å²) in [5.74, 6) is 0. The maximum Gasteiger partial charge on any atom is 1.00 e. The summed E-state index contributed by atoms with van der Waals surface area (Å²) in [7, 11) is -3.94. The van der Waals surface area contributed by atoms with Gasteiger partial charge in [-0.15, -0.1) is 0 Å². The topological polar surface area (TPSA) is 54.4 Å². The third-order valence-electron chi connectivity index (χ3n) is 0.440. The van der Waals surface area contributed by atoms with E-state index in [-0.39, 0.29) is 57.7 Å². The quantitative estimate of drug-likeness (QED) is 0.343. The molecule has 5 heteroatoms. The maximum atomic E-state index is 9.79. The first kappa shape index (κ1) is 12.0. The SMILES string of the molecule is C=C(C)S(=O)(=O)O.[H-].[K+]. The van der Waals surface area contributed by atoms with Crippen molar-refractivity contribution in [3.05, 3.63) is 11.5 Å². The minimum absolute atomic E-state index is 0. The molecule has 0 aromatic rings. The molecule has 0 bridgehead atoms. The molecule has 0 amide bonds. The zero-order valence-electron chi connectivity index (χ0n) is 5.88. The molecule has 44 valence electrons. The van der Waals surface area contributed by atoms with Gasteiger partial charge in [-0.05, 0) is 6.92 Å². The molecule has 0 aliphatic heterocycles. The predicted molar refractivity (Wildman–Crippen MR) is 27.5 cm³/mol. The molecular weight excluding hydrogens is 155 g/mol. The van der Waals surface area contributed by atoms with Crippen molar-refractivity contribution in [1.82, 2.24) is 0 Å². The fraction of sp³-hybridized carbons (Fsp3) is 0.333. The van der Waals surface area contributed by atoms with Gasteiger partial charge in [0.2, 0.25) is 0 Å². The Labute approximate surface area is 92.8 Å². The van der Waals surface area contributed by atoms with Gasteiger partial charge in [0, 0.05) is 0 Å². The van der Waals surface area contributed by atoms with Gasteiger partial charge < -0.3 is 1.43 Å². The molecule has 0 aliphatic rings. The van der Waals surface area contributed by atoms with Crippen LogP contribution in [0.4, 0.5) is 0 Å². The summed E-state index contributed by atoms with van der Waals surface area (Å²) in [6.45, 7) is 4.21. The molecule has 0 saturated heterocycles. The fourth-order valence-corrected chi connectivity index (χ4v) is 0. The Balaban J connectivity index is -0.000000180. The van der Waals surface area contributed by atoms with Crippen LogP contribution in [0.2, 0.25) is 0 Å². The van der Waals surface area contributed by atoms with E-state index >= 15 is 0 Å². The van der Waals surface area contributed by atoms with Crippen molar-refractivity contribution in [2.24, 2.45) is 0 Å². The molecule has 0 atom stereocenters. The van der Waals surface area contributed by atoms with E-state index in [2.05, 4.69) is 6.58 Å². The van der Waals surface area contributed by atoms with Gasteiger partial charge >= 0.3 is 51.4 Å². The molecule has 8 heavy (non-hydrogen) atoms. The van der Waals surface area contributed by atoms with E-state index in [9.17, 15) is 8.42 Å². The Hall–Kier alpha value is 1.29. The van der Waals surface area contributed by atoms with Gasteiger partial charge in [0.05, 0.1) is 4.91 Å². The summed E-state index contributed by atoms with van der Waals surface area (Å²) in [5, 5.41) is 0. The zero-order valence-corrected chi connectivity index (χ0v) is 8.82. The molecular formula is C3H7KO3S. The van der Waals surface area contributed by atoms with Gasteiger partial charge in [0.1, 0.15) is 0 Å². The molecule has 0 fully saturated rings. The molecule has 0 saturated carbocycles. The van der Waals surface area contributed by atoms with Crippen molar-refractivity contribution >= 4 is 10.1 Å². The predicted octanol–water partition coefficient (Wildman–Crippen LogP) is -2.48. The van der Waals surface area contributed by atoms with E-state index in [1.54, 1.807) is 0 Å². The summed E-state index contributed by atoms with van der Waals surface area (Å²) < 4.78 is 27.5. The van der Waals surface area contributed by atoms with Crippen molar-refractivity contribution in [1.29, 1.82) is 0 Å². The second-order valence-electron chi connectivity index (χ2n) is 1.18. The Morgan fingerprint density at radius 1 is 1.75 bits per heavy atom. The van der Waals surface area contributed by atoms with Gasteiger partial charge in [0.15, 0.2) is 0 Å². The Bertz CT molecular complexity index is 173. The summed E-state index contributed by atoms with van der Waals surface area (Å²) in [6.07, 6.45) is 0. The van der Waals surface area contributed by atoms with Crippen LogP contribution in [-0.4, -0.2) is 13.0 Å². The van der Waals surface area contributed by atoms with Crippen LogP contribution in [-0.2, 0) is 10.1 Å². The smallest absolute Gasteiger partial charge is 1.00 e. The first-order valence-corrected chi connectivity index (χ1v) is 3.01. The zero-order chi connectivity index (χ0) is 6.08. The number of rotatable bonds is 1. The van der Waals surface area contributed by atoms with Crippen molar-refractivity contribution in [2.75, 3.05) is 0 Å². The monoisotopic (exact) mass is 162 g/mol. The van der Waals surface area contributed by atoms with Gasteiger partial charge in [-0.3, -0.25) is 4.55 Å². The maximum absolute atomic E-state index is 9.79. The third-order valence-corrected chi connectivity index (χ3v) is 1.32. The van der Waals surface area contributed by atoms with E-state index in [1.807, 2.05) is 0 Å². The van der Waals surface area contributed by atoms with Gasteiger partial charge in [-0.25, -0.2) is 0 Å². The number of hydrogen-bond donors (Lipinski definition) is 1. The molecule has 0 rings (SSSR count). The van der Waals surface area contributed by atoms with Crippen LogP contribution in [0.15, 0.2) is 11.5 Å². The Kier molecular flexibility index (Phi) is 6.24. The average Bonchev–Trinajstić information content (AvgIpc) is 1.31. The fourth-order valence-electron chi connectivity index (χ4n) is 0. The van der Waals surface area contributed by atoms with Gasteiger partial charge in [-0.2, -0.15) is 8.42 Å². The van der Waals surface area contributed by atoms with Crippen molar-refractivity contribution in [3.63, 3.8) is 0 Å². The van der Waals surface area contributed by atoms with Crippen LogP contribution in [0, 0.1) is 0 Å². The largest absolute Gasteiger partial charge is 1.00 e. The molecule has 0 aromatic heterocycles. The van der Waals surface area contributed by atoms with Crippen molar-refractivity contribution < 1.29 is 65.8 Å². The molecule has 0 heterocycles. The molecule has 0 unspecified atom stereocenters. The molecule has 1 N–H and O–H groups in total. The normalized spacial score (nSPS) is 9.75. The van der Waals surface area contributed by atoms with E-state index in [0.29, 0.717) is 0 Å². The van der Waals surface area contributed by atoms with Gasteiger partial charge in [0.25, 0.3) is 10.1 Å². The van der Waals surface area contributed by atoms with Crippen molar-refractivity contribution in [3.8, 4) is 0 Å². The number of hydrogen-bond acceptors (Lipinski definition) is 2. The Morgan fingerprint density at radius 3 is 1.88 bits per heavy atom. The van der Waals surface area contributed by atoms with Crippen LogP contribution >= 0.6 is 0 Å². The van der Waals surface area contributed by atoms with E-state index < -0.39 is 10.1 Å². The van der Waals surface area contributed by atoms with Crippen LogP contribution < -0.4 is 51.4 Å². The summed E-state index contributed by atoms with van der Waals surface area (Å²) in [5.41, 5.74) is 0. The molecule has 0 spiro atoms. The first-order chi connectivity index (χ1) is 2.94. The second-order valence-corrected chi connectivity index (χ2v) is 2.82. The van der Waals surface area contributed by atoms with Crippen molar-refractivity contribution in [2.45, 2.75) is 6.92 Å². The van der Waals surface area contributed by atoms with E-state index in [4.69, 9.17) is 4.55 Å². The third kappa shape index (κ3) is 5.42. The summed E-state index contributed by atoms with van der Waals surface area (Å²) in [6, 6.07) is 0. The van der Waals surface area contributed by atoms with Gasteiger partial charge in [-0.1, -0.05) is 6.58 Å². The summed E-state index contributed by atoms with van der Waals surface area (Å²) in [4.78, 5) is -0.229. The van der Waals surface area contributed by atoms with Crippen LogP contribution in [0.5, 0.6) is 0 Å². The summed E-state index contributed by atoms with van der Waals surface area (Å²) >= 11 is 0. The average molecular weight is 162 g/mol. The van der Waals surface area contributed by atoms with Crippen LogP contribution in [0.25, 0.3) is 0 Å². The minimum atomic E-state index is -3.94. The van der Waals surface area contributed by atoms with E-state index in [0.717, 1.165) is 0 Å². The molecule has 0 aliphatic carbocycles. The molecule has 3 nitrogen and oxygen atoms in total. The van der Waals surface area contributed by atoms with Crippen LogP contribution in [0.1, 0.15) is 8.35 Å². The molecule has 0 aromatic carbocycles. The standard InChI is InChI=1S/C3H6O3S.K.H/c1-3(2)7(4,5)6;;/h1H2,2H3,(H,4,5,6);;/q;+1;-1. The second kappa shape index (κ2) is 4.16. The minimum Gasteiger partial charge on any atom is -1.00 e. The number of allylic oxidation sites excluding steroid dienone is 1. The van der Waals surface area contributed by atoms with Crippen LogP contribution in [0.3, 0.4) is 0 Å².